The van der Waals surface area contributed by atoms with Gasteiger partial charge in [0.2, 0.25) is 0 Å². The number of phenols is 1. The topological polar surface area (TPSA) is 37.3 Å². The minimum atomic E-state index is -0.0316. The molecule has 0 saturated heterocycles. The molecule has 0 bridgehead atoms. The van der Waals surface area contributed by atoms with Crippen molar-refractivity contribution in [2.24, 2.45) is 0 Å². The average molecular weight is 142 g/mol. The first-order valence-corrected chi connectivity index (χ1v) is 3.00. The molecule has 0 fully saturated rings. The number of ketones is 1. The van der Waals surface area contributed by atoms with Crippen LogP contribution in [-0.2, 0) is 0 Å². The third-order valence-corrected chi connectivity index (χ3v) is 1.25. The summed E-state index contributed by atoms with van der Waals surface area (Å²) in [6.45, 7) is 1.47. The van der Waals surface area contributed by atoms with E-state index < -0.39 is 0 Å². The summed E-state index contributed by atoms with van der Waals surface area (Å²) in [5, 5.41) is 8.91. The molecule has 1 aromatic rings. The van der Waals surface area contributed by atoms with Gasteiger partial charge in [-0.1, -0.05) is 12.1 Å². The number of hydrogen-bond acceptors (Lipinski definition) is 2. The minimum Gasteiger partial charge on any atom is -0.508 e. The van der Waals surface area contributed by atoms with Crippen LogP contribution in [-0.4, -0.2) is 10.9 Å². The highest BCUT2D eigenvalue weighted by molar-refractivity contribution is 5.94. The molecule has 0 unspecified atom stereocenters. The van der Waals surface area contributed by atoms with Crippen molar-refractivity contribution in [3.8, 4) is 5.75 Å². The molecule has 0 aliphatic rings. The van der Waals surface area contributed by atoms with E-state index in [4.69, 9.17) is 5.11 Å². The molecule has 2 heteroatoms. The normalized spacial score (nSPS) is 9.30. The fourth-order valence-electron chi connectivity index (χ4n) is 0.725. The summed E-state index contributed by atoms with van der Waals surface area (Å²) in [6.07, 6.45) is 0. The third kappa shape index (κ3) is 1.35. The Morgan fingerprint density at radius 1 is 1.50 bits per heavy atom. The molecule has 1 rings (SSSR count). The van der Waals surface area contributed by atoms with Crippen molar-refractivity contribution in [2.75, 3.05) is 0 Å². The number of aromatic hydroxyl groups is 1. The molecule has 0 aliphatic heterocycles. The maximum absolute atomic E-state index is 10.7. The highest BCUT2D eigenvalue weighted by Crippen LogP contribution is 2.10. The average Bonchev–Trinajstić information content (AvgIpc) is 1.88. The summed E-state index contributed by atoms with van der Waals surface area (Å²) in [7, 11) is 0. The molecule has 0 heterocycles. The van der Waals surface area contributed by atoms with Crippen molar-refractivity contribution in [1.82, 2.24) is 0 Å². The highest BCUT2D eigenvalue weighted by atomic mass is 16.3. The Morgan fingerprint density at radius 3 is 2.60 bits per heavy atom. The monoisotopic (exact) mass is 142 g/mol. The Morgan fingerprint density at radius 2 is 2.20 bits per heavy atom. The Labute approximate surface area is 59.1 Å². The van der Waals surface area contributed by atoms with Crippen LogP contribution in [0.15, 0.2) is 24.3 Å². The van der Waals surface area contributed by atoms with Gasteiger partial charge in [0.05, 0.1) is 0 Å². The van der Waals surface area contributed by atoms with Crippen LogP contribution in [0.4, 0.5) is 0 Å². The van der Waals surface area contributed by atoms with Gasteiger partial charge in [-0.3, -0.25) is 4.79 Å². The minimum absolute atomic E-state index is 0.0316. The van der Waals surface area contributed by atoms with Crippen molar-refractivity contribution >= 4 is 5.78 Å². The van der Waals surface area contributed by atoms with E-state index in [1.54, 1.807) is 12.1 Å². The predicted molar refractivity (Wildman–Crippen MR) is 38.1 cm³/mol. The highest BCUT2D eigenvalue weighted by Gasteiger charge is 1.97. The molecule has 0 saturated carbocycles. The first-order valence-electron chi connectivity index (χ1n) is 3.00. The molecule has 1 N–H and O–H groups in total. The van der Waals surface area contributed by atoms with Gasteiger partial charge >= 0.3 is 0 Å². The summed E-state index contributed by atoms with van der Waals surface area (Å²) in [4.78, 5) is 10.7. The molecule has 10 heavy (non-hydrogen) atoms. The van der Waals surface area contributed by atoms with Crippen molar-refractivity contribution in [3.05, 3.63) is 29.8 Å². The number of rotatable bonds is 1. The molecular formula is C8H8O2. The van der Waals surface area contributed by atoms with Gasteiger partial charge in [-0.15, -0.1) is 0 Å². The molecule has 1 aromatic carbocycles. The van der Waals surface area contributed by atoms with Crippen molar-refractivity contribution < 1.29 is 9.90 Å². The number of carbonyl (C=O) groups is 1. The summed E-state index contributed by atoms with van der Waals surface area (Å²) in [5.74, 6) is 0.101. The van der Waals surface area contributed by atoms with Gasteiger partial charge in [0.15, 0.2) is 5.78 Å². The maximum atomic E-state index is 10.7. The fourth-order valence-corrected chi connectivity index (χ4v) is 0.725. The Kier molecular flexibility index (Phi) is 1.71. The standard InChI is InChI=1S/C8H8O2/c1-6(9)7-3-2-4-8(10)5-7/h2-5,10H,1H3/i2+1,3+1,4+1,5+1,7+1,8+1. The van der Waals surface area contributed by atoms with Crippen LogP contribution in [0.2, 0.25) is 0 Å². The Balaban J connectivity index is 3.07. The van der Waals surface area contributed by atoms with E-state index in [1.807, 2.05) is 0 Å². The zero-order valence-corrected chi connectivity index (χ0v) is 5.66. The van der Waals surface area contributed by atoms with E-state index in [0.717, 1.165) is 0 Å². The first kappa shape index (κ1) is 6.81. The summed E-state index contributed by atoms with van der Waals surface area (Å²) in [6, 6.07) is 6.29. The molecule has 52 valence electrons. The van der Waals surface area contributed by atoms with Crippen molar-refractivity contribution in [3.63, 3.8) is 0 Å². The number of benzene rings is 1. The van der Waals surface area contributed by atoms with Crippen LogP contribution in [0, 0.1) is 0 Å². The zero-order chi connectivity index (χ0) is 7.56. The number of phenolic OH excluding ortho intramolecular Hbond substituents is 1. The third-order valence-electron chi connectivity index (χ3n) is 1.25. The summed E-state index contributed by atoms with van der Waals surface area (Å²) in [5.41, 5.74) is 0.542. The van der Waals surface area contributed by atoms with Gasteiger partial charge in [0.25, 0.3) is 0 Å². The number of Topliss-reactive ketones (excluding diaryl/α,β-unsaturated/α-hetero) is 1. The van der Waals surface area contributed by atoms with Crippen LogP contribution in [0.25, 0.3) is 0 Å². The van der Waals surface area contributed by atoms with E-state index >= 15 is 0 Å². The second kappa shape index (κ2) is 2.52. The van der Waals surface area contributed by atoms with Crippen molar-refractivity contribution in [2.45, 2.75) is 6.92 Å². The maximum Gasteiger partial charge on any atom is 0.159 e. The molecule has 0 aliphatic carbocycles. The van der Waals surface area contributed by atoms with E-state index in [-0.39, 0.29) is 11.5 Å². The van der Waals surface area contributed by atoms with Crippen LogP contribution in [0.1, 0.15) is 17.3 Å². The van der Waals surface area contributed by atoms with Gasteiger partial charge in [-0.25, -0.2) is 0 Å². The molecule has 0 radical (unpaired) electrons. The van der Waals surface area contributed by atoms with E-state index in [1.165, 1.54) is 19.1 Å². The smallest absolute Gasteiger partial charge is 0.159 e. The Hall–Kier alpha value is -1.31. The van der Waals surface area contributed by atoms with E-state index in [9.17, 15) is 4.79 Å². The number of hydrogen-bond donors (Lipinski definition) is 1. The van der Waals surface area contributed by atoms with Gasteiger partial charge in [-0.2, -0.15) is 0 Å². The van der Waals surface area contributed by atoms with Crippen LogP contribution in [0.3, 0.4) is 0 Å². The zero-order valence-electron chi connectivity index (χ0n) is 5.66. The molecule has 2 nitrogen and oxygen atoms in total. The van der Waals surface area contributed by atoms with Gasteiger partial charge in [0.1, 0.15) is 5.75 Å². The second-order valence-electron chi connectivity index (χ2n) is 2.11. The molecule has 0 atom stereocenters. The number of carbonyl (C=O) groups excluding carboxylic acids is 1. The SMILES string of the molecule is CC(=O)[13c]1[13cH][13cH][13cH][13c](O)[13cH]1. The molecular weight excluding hydrogens is 134 g/mol. The van der Waals surface area contributed by atoms with Gasteiger partial charge < -0.3 is 5.11 Å². The van der Waals surface area contributed by atoms with Crippen molar-refractivity contribution in [1.29, 1.82) is 0 Å². The molecule has 0 amide bonds. The second-order valence-corrected chi connectivity index (χ2v) is 2.11. The Bertz CT molecular complexity index is 253. The first-order chi connectivity index (χ1) is 4.70. The fraction of sp³-hybridized carbons (Fsp3) is 0.125. The lowest BCUT2D eigenvalue weighted by Gasteiger charge is -1.93. The summed E-state index contributed by atoms with van der Waals surface area (Å²) < 4.78 is 0. The van der Waals surface area contributed by atoms with Gasteiger partial charge in [0, 0.05) is 5.56 Å². The molecule has 0 spiro atoms. The van der Waals surface area contributed by atoms with Crippen LogP contribution < -0.4 is 0 Å². The predicted octanol–water partition coefficient (Wildman–Crippen LogP) is 1.59. The van der Waals surface area contributed by atoms with Crippen LogP contribution >= 0.6 is 0 Å². The largest absolute Gasteiger partial charge is 0.508 e. The van der Waals surface area contributed by atoms with Crippen LogP contribution in [0.5, 0.6) is 5.75 Å². The van der Waals surface area contributed by atoms with Gasteiger partial charge in [-0.05, 0) is 19.1 Å². The molecule has 0 aromatic heterocycles. The lowest BCUT2D eigenvalue weighted by Crippen LogP contribution is -1.89. The quantitative estimate of drug-likeness (QED) is 0.604. The summed E-state index contributed by atoms with van der Waals surface area (Å²) >= 11 is 0. The van der Waals surface area contributed by atoms with E-state index in [2.05, 4.69) is 0 Å². The van der Waals surface area contributed by atoms with E-state index in [0.29, 0.717) is 5.56 Å². The lowest BCUT2D eigenvalue weighted by atomic mass is 10.6. The lowest BCUT2D eigenvalue weighted by molar-refractivity contribution is 0.101.